The minimum absolute atomic E-state index is 0.0179. The summed E-state index contributed by atoms with van der Waals surface area (Å²) in [5.41, 5.74) is 3.74. The van der Waals surface area contributed by atoms with Crippen molar-refractivity contribution in [1.82, 2.24) is 0 Å². The Hall–Kier alpha value is -2.35. The topological polar surface area (TPSA) is 68.2 Å². The molecule has 2 aromatic rings. The molecule has 2 aliphatic heterocycles. The third kappa shape index (κ3) is 6.52. The van der Waals surface area contributed by atoms with Gasteiger partial charge in [-0.25, -0.2) is 0 Å². The monoisotopic (exact) mass is 598 g/mol. The molecule has 0 saturated carbocycles. The van der Waals surface area contributed by atoms with Gasteiger partial charge >= 0.3 is 0 Å². The number of benzene rings is 2. The molecule has 1 amide bonds. The molecule has 2 aromatic carbocycles. The maximum absolute atomic E-state index is 13.2. The Kier molecular flexibility index (Phi) is 9.47. The van der Waals surface area contributed by atoms with Crippen LogP contribution in [0, 0.1) is 17.8 Å². The van der Waals surface area contributed by atoms with Crippen molar-refractivity contribution in [2.45, 2.75) is 64.4 Å². The van der Waals surface area contributed by atoms with Crippen LogP contribution in [0.15, 0.2) is 52.9 Å². The summed E-state index contributed by atoms with van der Waals surface area (Å²) >= 11 is 6.41. The average Bonchev–Trinajstić information content (AvgIpc) is 3.08. The Labute approximate surface area is 251 Å². The summed E-state index contributed by atoms with van der Waals surface area (Å²) in [4.78, 5) is 15.6. The van der Waals surface area contributed by atoms with E-state index in [0.29, 0.717) is 29.8 Å². The molecule has 0 saturated heterocycles. The summed E-state index contributed by atoms with van der Waals surface area (Å²) in [6, 6.07) is 11.8. The first-order chi connectivity index (χ1) is 19.7. The molecule has 41 heavy (non-hydrogen) atoms. The van der Waals surface area contributed by atoms with E-state index in [4.69, 9.17) is 21.1 Å². The van der Waals surface area contributed by atoms with Crippen LogP contribution in [0.25, 0.3) is 0 Å². The molecule has 6 nitrogen and oxygen atoms in total. The zero-order valence-corrected chi connectivity index (χ0v) is 26.3. The molecular weight excluding hydrogens is 556 g/mol. The van der Waals surface area contributed by atoms with E-state index in [1.165, 1.54) is 11.1 Å². The molecule has 0 radical (unpaired) electrons. The van der Waals surface area contributed by atoms with Crippen molar-refractivity contribution in [3.05, 3.63) is 70.3 Å². The van der Waals surface area contributed by atoms with Gasteiger partial charge in [-0.05, 0) is 84.9 Å². The van der Waals surface area contributed by atoms with Crippen LogP contribution in [0.4, 0.5) is 5.69 Å². The highest BCUT2D eigenvalue weighted by molar-refractivity contribution is 7.75. The Morgan fingerprint density at radius 2 is 2.05 bits per heavy atom. The van der Waals surface area contributed by atoms with Gasteiger partial charge in [0, 0.05) is 52.5 Å². The number of rotatable bonds is 2. The van der Waals surface area contributed by atoms with Gasteiger partial charge in [-0.2, -0.15) is 4.36 Å². The van der Waals surface area contributed by atoms with Crippen LogP contribution in [0.5, 0.6) is 5.75 Å². The third-order valence-corrected chi connectivity index (χ3v) is 10.8. The fourth-order valence-corrected chi connectivity index (χ4v) is 8.35. The van der Waals surface area contributed by atoms with Gasteiger partial charge in [-0.15, -0.1) is 0 Å². The first-order valence-electron chi connectivity index (χ1n) is 14.9. The van der Waals surface area contributed by atoms with Crippen LogP contribution < -0.4 is 9.64 Å². The number of thiol groups is 1. The van der Waals surface area contributed by atoms with E-state index in [-0.39, 0.29) is 17.4 Å². The molecule has 0 aromatic heterocycles. The van der Waals surface area contributed by atoms with E-state index < -0.39 is 16.5 Å². The van der Waals surface area contributed by atoms with Gasteiger partial charge in [0.25, 0.3) is 5.91 Å². The number of carbonyl (C=O) groups is 1. The lowest BCUT2D eigenvalue weighted by Gasteiger charge is -2.42. The molecule has 5 rings (SSSR count). The molecule has 3 aliphatic rings. The number of fused-ring (bicyclic) bond motifs is 3. The highest BCUT2D eigenvalue weighted by atomic mass is 35.5. The smallest absolute Gasteiger partial charge is 0.284 e. The van der Waals surface area contributed by atoms with Crippen molar-refractivity contribution < 1.29 is 18.5 Å². The van der Waals surface area contributed by atoms with E-state index in [1.807, 2.05) is 25.1 Å². The van der Waals surface area contributed by atoms with Crippen LogP contribution in [0.3, 0.4) is 0 Å². The zero-order valence-electron chi connectivity index (χ0n) is 24.6. The number of amides is 1. The summed E-state index contributed by atoms with van der Waals surface area (Å²) in [6.07, 6.45) is 9.14. The lowest BCUT2D eigenvalue weighted by Crippen LogP contribution is -2.47. The lowest BCUT2D eigenvalue weighted by atomic mass is 9.70. The third-order valence-electron chi connectivity index (χ3n) is 9.22. The second kappa shape index (κ2) is 12.9. The average molecular weight is 599 g/mol. The molecule has 2 bridgehead atoms. The van der Waals surface area contributed by atoms with Crippen LogP contribution in [0.1, 0.15) is 67.9 Å². The number of carbonyl (C=O) groups excluding carboxylic acids is 1. The van der Waals surface area contributed by atoms with Gasteiger partial charge in [-0.3, -0.25) is 9.00 Å². The van der Waals surface area contributed by atoms with E-state index >= 15 is 0 Å². The number of anilines is 1. The standard InChI is InChI=1S/C33H43ClN2O4S/c1-5-27-23(3)18-36-20-33(15-7-9-24-16-26(34)12-13-28(24)33)21-40-31-14-11-25(17-29(31)36)32(37)35-41(38)19-22(2)8-6-10-30(27)39-4/h6,10-14,16-17,22-23,27,30,41H,5,7-9,15,18-21H2,1-4H3/b10-6+/t22-,23-,27+,30-,33-/m0/s1. The number of hydrogen-bond donors (Lipinski definition) is 1. The quantitative estimate of drug-likeness (QED) is 0.301. The number of ether oxygens (including phenoxy) is 2. The second-order valence-corrected chi connectivity index (χ2v) is 14.0. The Morgan fingerprint density at radius 3 is 2.83 bits per heavy atom. The maximum atomic E-state index is 13.2. The van der Waals surface area contributed by atoms with Crippen LogP contribution in [0.2, 0.25) is 5.02 Å². The summed E-state index contributed by atoms with van der Waals surface area (Å²) in [5.74, 6) is 1.46. The zero-order chi connectivity index (χ0) is 29.1. The van der Waals surface area contributed by atoms with Crippen molar-refractivity contribution >= 4 is 33.8 Å². The molecule has 6 atom stereocenters. The first-order valence-corrected chi connectivity index (χ1v) is 16.7. The van der Waals surface area contributed by atoms with Gasteiger partial charge in [0.2, 0.25) is 0 Å². The lowest BCUT2D eigenvalue weighted by molar-refractivity contribution is 0.0637. The molecule has 1 unspecified atom stereocenters. The van der Waals surface area contributed by atoms with E-state index in [1.54, 1.807) is 13.2 Å². The summed E-state index contributed by atoms with van der Waals surface area (Å²) in [5, 5.41) is 0.765. The normalized spacial score (nSPS) is 31.9. The molecule has 222 valence electrons. The minimum Gasteiger partial charge on any atom is -0.490 e. The highest BCUT2D eigenvalue weighted by Gasteiger charge is 2.42. The molecule has 1 spiro atoms. The van der Waals surface area contributed by atoms with Crippen molar-refractivity contribution in [2.24, 2.45) is 22.1 Å². The Bertz CT molecular complexity index is 1390. The minimum atomic E-state index is -2.00. The summed E-state index contributed by atoms with van der Waals surface area (Å²) in [6.45, 7) is 8.69. The number of halogens is 1. The number of methoxy groups -OCH3 is 1. The van der Waals surface area contributed by atoms with Crippen molar-refractivity contribution in [1.29, 1.82) is 0 Å². The SMILES string of the molecule is CC[C@H]1[C@@H](OC)/C=C/C[C@H](C)C/[SH](=O)=N\C(=O)c2ccc3c(c2)N(C[C@@H]1C)C[C@@]1(CCCc2cc(Cl)ccc21)CO3. The Morgan fingerprint density at radius 1 is 1.22 bits per heavy atom. The number of nitrogens with zero attached hydrogens (tertiary/aromatic N) is 2. The van der Waals surface area contributed by atoms with E-state index in [2.05, 4.69) is 47.4 Å². The van der Waals surface area contributed by atoms with Crippen molar-refractivity contribution in [3.63, 3.8) is 0 Å². The van der Waals surface area contributed by atoms with Crippen molar-refractivity contribution in [3.8, 4) is 5.75 Å². The molecular formula is C33H43ClN2O4S. The van der Waals surface area contributed by atoms with Gasteiger partial charge in [0.15, 0.2) is 0 Å². The fraction of sp³-hybridized carbons (Fsp3) is 0.545. The molecule has 1 aliphatic carbocycles. The van der Waals surface area contributed by atoms with Gasteiger partial charge < -0.3 is 14.4 Å². The van der Waals surface area contributed by atoms with E-state index in [0.717, 1.165) is 61.7 Å². The Balaban J connectivity index is 1.61. The second-order valence-electron chi connectivity index (χ2n) is 12.2. The molecule has 8 heteroatoms. The summed E-state index contributed by atoms with van der Waals surface area (Å²) in [7, 11) is -0.212. The maximum Gasteiger partial charge on any atom is 0.284 e. The van der Waals surface area contributed by atoms with Crippen molar-refractivity contribution in [2.75, 3.05) is 37.5 Å². The first kappa shape index (κ1) is 30.1. The largest absolute Gasteiger partial charge is 0.490 e. The molecule has 0 fully saturated rings. The van der Waals surface area contributed by atoms with Gasteiger partial charge in [0.05, 0.1) is 18.4 Å². The van der Waals surface area contributed by atoms with Crippen LogP contribution >= 0.6 is 11.6 Å². The molecule has 0 N–H and O–H groups in total. The van der Waals surface area contributed by atoms with E-state index in [9.17, 15) is 9.00 Å². The van der Waals surface area contributed by atoms with Gasteiger partial charge in [-0.1, -0.05) is 57.0 Å². The highest BCUT2D eigenvalue weighted by Crippen LogP contribution is 2.45. The molecule has 2 heterocycles. The van der Waals surface area contributed by atoms with Gasteiger partial charge in [0.1, 0.15) is 5.75 Å². The fourth-order valence-electron chi connectivity index (χ4n) is 7.07. The number of hydrogen-bond acceptors (Lipinski definition) is 5. The number of allylic oxidation sites excluding steroid dienone is 1. The predicted molar refractivity (Wildman–Crippen MR) is 168 cm³/mol. The van der Waals surface area contributed by atoms with Crippen LogP contribution in [-0.2, 0) is 27.2 Å². The predicted octanol–water partition coefficient (Wildman–Crippen LogP) is 6.89. The number of aryl methyl sites for hydroxylation is 1. The van der Waals surface area contributed by atoms with Crippen LogP contribution in [-0.4, -0.2) is 48.8 Å². The summed E-state index contributed by atoms with van der Waals surface area (Å²) < 4.78 is 29.5.